The molecule has 6 nitrogen and oxygen atoms in total. The van der Waals surface area contributed by atoms with Crippen molar-refractivity contribution in [2.24, 2.45) is 5.92 Å². The molecule has 1 atom stereocenters. The first-order chi connectivity index (χ1) is 12.1. The van der Waals surface area contributed by atoms with Crippen molar-refractivity contribution in [1.82, 2.24) is 10.3 Å². The van der Waals surface area contributed by atoms with Gasteiger partial charge >= 0.3 is 0 Å². The fourth-order valence-electron chi connectivity index (χ4n) is 3.27. The van der Waals surface area contributed by atoms with Crippen LogP contribution in [0.2, 0.25) is 0 Å². The lowest BCUT2D eigenvalue weighted by Gasteiger charge is -2.16. The van der Waals surface area contributed by atoms with Crippen molar-refractivity contribution in [2.75, 3.05) is 5.32 Å². The Kier molecular flexibility index (Phi) is 3.87. The van der Waals surface area contributed by atoms with Crippen molar-refractivity contribution in [3.63, 3.8) is 0 Å². The molecule has 2 heterocycles. The maximum Gasteiger partial charge on any atom is 0.263 e. The second-order valence-electron chi connectivity index (χ2n) is 6.58. The minimum absolute atomic E-state index is 0.297. The molecule has 0 saturated carbocycles. The number of carbonyl (C=O) groups excluding carboxylic acids is 1. The number of aryl methyl sites for hydroxylation is 2. The summed E-state index contributed by atoms with van der Waals surface area (Å²) in [7, 11) is 0. The second-order valence-corrected chi connectivity index (χ2v) is 6.58. The predicted molar refractivity (Wildman–Crippen MR) is 92.3 cm³/mol. The van der Waals surface area contributed by atoms with E-state index in [0.29, 0.717) is 28.8 Å². The molecule has 1 aromatic carbocycles. The Labute approximate surface area is 145 Å². The number of anilines is 1. The Morgan fingerprint density at radius 2 is 2.00 bits per heavy atom. The number of nitrogens with one attached hydrogen (secondary N) is 1. The first kappa shape index (κ1) is 15.6. The zero-order chi connectivity index (χ0) is 17.4. The molecular weight excluding hydrogens is 318 g/mol. The molecule has 3 aromatic rings. The molecule has 1 aliphatic rings. The van der Waals surface area contributed by atoms with E-state index in [2.05, 4.69) is 22.6 Å². The third kappa shape index (κ3) is 2.84. The van der Waals surface area contributed by atoms with Gasteiger partial charge in [-0.25, -0.2) is 0 Å². The van der Waals surface area contributed by atoms with Gasteiger partial charge in [-0.1, -0.05) is 47.6 Å². The van der Waals surface area contributed by atoms with E-state index in [1.165, 1.54) is 0 Å². The molecule has 0 unspecified atom stereocenters. The van der Waals surface area contributed by atoms with Crippen LogP contribution in [0.5, 0.6) is 0 Å². The highest BCUT2D eigenvalue weighted by atomic mass is 16.5. The molecule has 1 aliphatic carbocycles. The van der Waals surface area contributed by atoms with Crippen LogP contribution in [0.4, 0.5) is 5.88 Å². The van der Waals surface area contributed by atoms with Gasteiger partial charge in [-0.05, 0) is 32.1 Å². The summed E-state index contributed by atoms with van der Waals surface area (Å²) in [5, 5.41) is 10.9. The Morgan fingerprint density at radius 1 is 1.20 bits per heavy atom. The Balaban J connectivity index is 1.65. The Morgan fingerprint density at radius 3 is 2.80 bits per heavy atom. The van der Waals surface area contributed by atoms with Crippen molar-refractivity contribution in [2.45, 2.75) is 33.1 Å². The summed E-state index contributed by atoms with van der Waals surface area (Å²) < 4.78 is 10.8. The van der Waals surface area contributed by atoms with Crippen LogP contribution in [0.3, 0.4) is 0 Å². The van der Waals surface area contributed by atoms with Crippen LogP contribution in [0.1, 0.15) is 40.7 Å². The summed E-state index contributed by atoms with van der Waals surface area (Å²) in [5.74, 6) is 1.15. The van der Waals surface area contributed by atoms with Crippen LogP contribution < -0.4 is 5.32 Å². The molecule has 4 rings (SSSR count). The summed E-state index contributed by atoms with van der Waals surface area (Å²) in [6, 6.07) is 9.46. The van der Waals surface area contributed by atoms with Crippen LogP contribution in [0.15, 0.2) is 39.4 Å². The average molecular weight is 337 g/mol. The lowest BCUT2D eigenvalue weighted by Crippen LogP contribution is -2.16. The van der Waals surface area contributed by atoms with Gasteiger partial charge < -0.3 is 9.05 Å². The van der Waals surface area contributed by atoms with E-state index < -0.39 is 0 Å². The minimum Gasteiger partial charge on any atom is -0.355 e. The van der Waals surface area contributed by atoms with Gasteiger partial charge in [0.1, 0.15) is 5.56 Å². The minimum atomic E-state index is -0.297. The molecule has 2 aromatic heterocycles. The van der Waals surface area contributed by atoms with Gasteiger partial charge in [0.2, 0.25) is 5.88 Å². The van der Waals surface area contributed by atoms with Crippen molar-refractivity contribution >= 4 is 11.8 Å². The van der Waals surface area contributed by atoms with Gasteiger partial charge in [-0.3, -0.25) is 10.1 Å². The number of nitrogens with zero attached hydrogens (tertiary/aromatic N) is 2. The van der Waals surface area contributed by atoms with E-state index in [-0.39, 0.29) is 5.91 Å². The van der Waals surface area contributed by atoms with Crippen molar-refractivity contribution < 1.29 is 13.8 Å². The zero-order valence-electron chi connectivity index (χ0n) is 14.2. The third-order valence-corrected chi connectivity index (χ3v) is 4.65. The summed E-state index contributed by atoms with van der Waals surface area (Å²) in [6.07, 6.45) is 2.84. The molecule has 0 spiro atoms. The highest BCUT2D eigenvalue weighted by Gasteiger charge is 2.27. The van der Waals surface area contributed by atoms with E-state index in [9.17, 15) is 4.79 Å². The number of amides is 1. The fraction of sp³-hybridized carbons (Fsp3) is 0.316. The maximum atomic E-state index is 12.9. The number of fused-ring (bicyclic) bond motifs is 1. The van der Waals surface area contributed by atoms with Gasteiger partial charge in [0.25, 0.3) is 5.91 Å². The largest absolute Gasteiger partial charge is 0.355 e. The summed E-state index contributed by atoms with van der Waals surface area (Å²) in [5.41, 5.74) is 3.71. The zero-order valence-corrected chi connectivity index (χ0v) is 14.2. The SMILES string of the molecule is Cc1noc(-c2ccccc2)c1C(=O)Nc1onc2c1C[C@@H](C)CC2. The molecule has 0 aliphatic heterocycles. The first-order valence-corrected chi connectivity index (χ1v) is 8.44. The number of benzene rings is 1. The van der Waals surface area contributed by atoms with Gasteiger partial charge in [0.15, 0.2) is 5.76 Å². The molecule has 0 fully saturated rings. The predicted octanol–water partition coefficient (Wildman–Crippen LogP) is 4.02. The molecule has 1 amide bonds. The molecular formula is C19H19N3O3. The summed E-state index contributed by atoms with van der Waals surface area (Å²) in [4.78, 5) is 12.9. The van der Waals surface area contributed by atoms with Crippen LogP contribution >= 0.6 is 0 Å². The van der Waals surface area contributed by atoms with Crippen LogP contribution in [-0.4, -0.2) is 16.2 Å². The van der Waals surface area contributed by atoms with Gasteiger partial charge in [0, 0.05) is 11.1 Å². The fourth-order valence-corrected chi connectivity index (χ4v) is 3.27. The highest BCUT2D eigenvalue weighted by molar-refractivity contribution is 6.08. The summed E-state index contributed by atoms with van der Waals surface area (Å²) in [6.45, 7) is 3.95. The van der Waals surface area contributed by atoms with E-state index in [1.807, 2.05) is 30.3 Å². The molecule has 0 radical (unpaired) electrons. The first-order valence-electron chi connectivity index (χ1n) is 8.44. The number of hydrogen-bond donors (Lipinski definition) is 1. The lowest BCUT2D eigenvalue weighted by atomic mass is 9.89. The smallest absolute Gasteiger partial charge is 0.263 e. The molecule has 128 valence electrons. The van der Waals surface area contributed by atoms with Crippen molar-refractivity contribution in [3.05, 3.63) is 52.8 Å². The van der Waals surface area contributed by atoms with Crippen LogP contribution in [0, 0.1) is 12.8 Å². The molecule has 6 heteroatoms. The number of hydrogen-bond acceptors (Lipinski definition) is 5. The van der Waals surface area contributed by atoms with Crippen LogP contribution in [0.25, 0.3) is 11.3 Å². The van der Waals surface area contributed by atoms with Gasteiger partial charge in [0.05, 0.1) is 11.4 Å². The summed E-state index contributed by atoms with van der Waals surface area (Å²) >= 11 is 0. The second kappa shape index (κ2) is 6.20. The number of rotatable bonds is 3. The van der Waals surface area contributed by atoms with Crippen molar-refractivity contribution in [1.29, 1.82) is 0 Å². The molecule has 25 heavy (non-hydrogen) atoms. The van der Waals surface area contributed by atoms with Crippen molar-refractivity contribution in [3.8, 4) is 11.3 Å². The Hall–Kier alpha value is -2.89. The quantitative estimate of drug-likeness (QED) is 0.781. The van der Waals surface area contributed by atoms with Gasteiger partial charge in [-0.15, -0.1) is 0 Å². The van der Waals surface area contributed by atoms with E-state index in [1.54, 1.807) is 6.92 Å². The average Bonchev–Trinajstić information content (AvgIpc) is 3.19. The van der Waals surface area contributed by atoms with Gasteiger partial charge in [-0.2, -0.15) is 0 Å². The monoisotopic (exact) mass is 337 g/mol. The lowest BCUT2D eigenvalue weighted by molar-refractivity contribution is 0.102. The highest BCUT2D eigenvalue weighted by Crippen LogP contribution is 2.32. The third-order valence-electron chi connectivity index (χ3n) is 4.65. The van der Waals surface area contributed by atoms with E-state index in [4.69, 9.17) is 9.05 Å². The molecule has 0 saturated heterocycles. The van der Waals surface area contributed by atoms with E-state index >= 15 is 0 Å². The topological polar surface area (TPSA) is 81.2 Å². The number of carbonyl (C=O) groups is 1. The van der Waals surface area contributed by atoms with Crippen LogP contribution in [-0.2, 0) is 12.8 Å². The number of aromatic nitrogens is 2. The Bertz CT molecular complexity index is 911. The molecule has 1 N–H and O–H groups in total. The molecule has 0 bridgehead atoms. The maximum absolute atomic E-state index is 12.9. The normalized spacial score (nSPS) is 16.5. The standard InChI is InChI=1S/C19H19N3O3/c1-11-8-9-15-14(10-11)19(25-22-15)20-18(23)16-12(2)21-24-17(16)13-6-4-3-5-7-13/h3-7,11H,8-10H2,1-2H3,(H,20,23)/t11-/m0/s1. The van der Waals surface area contributed by atoms with E-state index in [0.717, 1.165) is 36.1 Å².